The second-order valence-corrected chi connectivity index (χ2v) is 8.86. The molecule has 1 heterocycles. The molecule has 30 heavy (non-hydrogen) atoms. The van der Waals surface area contributed by atoms with Crippen LogP contribution < -0.4 is 0 Å². The molecule has 3 N–H and O–H groups in total. The average Bonchev–Trinajstić information content (AvgIpc) is 3.19. The number of aryl methyl sites for hydroxylation is 2. The molecular formula is C23H31BBrO5. The first kappa shape index (κ1) is 24.8. The van der Waals surface area contributed by atoms with Gasteiger partial charge in [0.2, 0.25) is 0 Å². The predicted octanol–water partition coefficient (Wildman–Crippen LogP) is 3.99. The van der Waals surface area contributed by atoms with Crippen molar-refractivity contribution in [3.05, 3.63) is 46.4 Å². The number of unbranched alkanes of at least 4 members (excludes halogenated alkanes) is 1. The van der Waals surface area contributed by atoms with E-state index >= 15 is 0 Å². The van der Waals surface area contributed by atoms with E-state index in [2.05, 4.69) is 15.9 Å². The van der Waals surface area contributed by atoms with Gasteiger partial charge in [-0.2, -0.15) is 0 Å². The Morgan fingerprint density at radius 3 is 2.83 bits per heavy atom. The zero-order valence-corrected chi connectivity index (χ0v) is 19.0. The van der Waals surface area contributed by atoms with Crippen molar-refractivity contribution in [1.82, 2.24) is 0 Å². The van der Waals surface area contributed by atoms with Crippen LogP contribution in [0.3, 0.4) is 0 Å². The predicted molar refractivity (Wildman–Crippen MR) is 123 cm³/mol. The third kappa shape index (κ3) is 7.67. The summed E-state index contributed by atoms with van der Waals surface area (Å²) in [5, 5.41) is 29.5. The molecule has 0 aliphatic heterocycles. The number of hydrogen-bond acceptors (Lipinski definition) is 4. The normalized spacial score (nSPS) is 25.3. The molecule has 2 rings (SSSR count). The van der Waals surface area contributed by atoms with Crippen molar-refractivity contribution in [1.29, 1.82) is 0 Å². The maximum atomic E-state index is 10.6. The minimum absolute atomic E-state index is 0.0256. The van der Waals surface area contributed by atoms with E-state index in [4.69, 9.17) is 17.0 Å². The molecule has 1 radical (unpaired) electrons. The second kappa shape index (κ2) is 12.4. The number of aliphatic hydroxyl groups is 2. The summed E-state index contributed by atoms with van der Waals surface area (Å²) in [6, 6.07) is 1.93. The summed E-state index contributed by atoms with van der Waals surface area (Å²) < 4.78 is 6.55. The number of aliphatic hydroxyl groups excluding tert-OH is 2. The molecule has 0 spiro atoms. The van der Waals surface area contributed by atoms with Crippen molar-refractivity contribution in [3.8, 4) is 0 Å². The fourth-order valence-electron chi connectivity index (χ4n) is 4.02. The van der Waals surface area contributed by atoms with Crippen LogP contribution in [0.2, 0.25) is 0 Å². The molecule has 1 unspecified atom stereocenters. The van der Waals surface area contributed by atoms with E-state index in [0.717, 1.165) is 16.0 Å². The van der Waals surface area contributed by atoms with E-state index in [-0.39, 0.29) is 24.2 Å². The third-order valence-electron chi connectivity index (χ3n) is 5.73. The fraction of sp³-hybridized carbons (Fsp3) is 0.565. The number of furan rings is 1. The van der Waals surface area contributed by atoms with Crippen LogP contribution in [-0.2, 0) is 11.2 Å². The van der Waals surface area contributed by atoms with Crippen LogP contribution in [0.25, 0.3) is 0 Å². The fourth-order valence-corrected chi connectivity index (χ4v) is 4.35. The van der Waals surface area contributed by atoms with E-state index in [1.54, 1.807) is 12.0 Å². The Morgan fingerprint density at radius 2 is 2.20 bits per heavy atom. The van der Waals surface area contributed by atoms with Gasteiger partial charge in [0, 0.05) is 0 Å². The Bertz CT molecular complexity index is 737. The van der Waals surface area contributed by atoms with Crippen molar-refractivity contribution < 1.29 is 24.5 Å². The zero-order valence-electron chi connectivity index (χ0n) is 17.4. The van der Waals surface area contributed by atoms with Crippen LogP contribution in [0.15, 0.2) is 39.3 Å². The van der Waals surface area contributed by atoms with Gasteiger partial charge >= 0.3 is 188 Å². The summed E-state index contributed by atoms with van der Waals surface area (Å²) in [6.07, 6.45) is 10.7. The molecule has 163 valence electrons. The van der Waals surface area contributed by atoms with E-state index in [1.807, 2.05) is 31.2 Å². The molecule has 0 bridgehead atoms. The molecule has 7 heteroatoms. The summed E-state index contributed by atoms with van der Waals surface area (Å²) in [6.45, 7) is 1.89. The van der Waals surface area contributed by atoms with E-state index < -0.39 is 18.2 Å². The quantitative estimate of drug-likeness (QED) is 0.240. The number of carboxylic acid groups (broad SMARTS) is 1. The average molecular weight is 478 g/mol. The summed E-state index contributed by atoms with van der Waals surface area (Å²) in [5.74, 6) is 2.68. The van der Waals surface area contributed by atoms with Gasteiger partial charge in [-0.1, -0.05) is 0 Å². The van der Waals surface area contributed by atoms with Crippen LogP contribution in [0.4, 0.5) is 0 Å². The number of rotatable bonds is 12. The standard InChI is InChI=1S/C23H31BBrO5/c1-15-21(25)13-18(30-15)10-8-17(26)9-11-19-16(14-24)12-22(27)20(19)6-4-2-3-5-7-23(28)29/h2,4,9,11,13-14,16-17,19-20,22,26-27H,3,5-8,10,12H2,1H3,(H,28,29)/b4-2-,11-9+/t16-,17-,19-,20+,22?/m0/s1. The first-order valence-corrected chi connectivity index (χ1v) is 11.3. The molecule has 1 saturated carbocycles. The van der Waals surface area contributed by atoms with E-state index in [1.165, 1.54) is 0 Å². The number of carboxylic acids is 1. The summed E-state index contributed by atoms with van der Waals surface area (Å²) in [5.41, 5.74) is 0. The van der Waals surface area contributed by atoms with Gasteiger partial charge in [-0.3, -0.25) is 0 Å². The Balaban J connectivity index is 1.89. The molecule has 5 nitrogen and oxygen atoms in total. The minimum atomic E-state index is -0.783. The molecule has 0 saturated heterocycles. The molecule has 0 aromatic carbocycles. The van der Waals surface area contributed by atoms with Crippen LogP contribution in [0.1, 0.15) is 50.0 Å². The van der Waals surface area contributed by atoms with Gasteiger partial charge < -0.3 is 0 Å². The Kier molecular flexibility index (Phi) is 10.3. The van der Waals surface area contributed by atoms with Gasteiger partial charge in [-0.25, -0.2) is 0 Å². The molecule has 1 aromatic rings. The topological polar surface area (TPSA) is 90.9 Å². The molecule has 1 aliphatic carbocycles. The first-order valence-electron chi connectivity index (χ1n) is 10.5. The van der Waals surface area contributed by atoms with Gasteiger partial charge in [0.25, 0.3) is 0 Å². The number of hydrogen-bond donors (Lipinski definition) is 3. The molecule has 5 atom stereocenters. The van der Waals surface area contributed by atoms with Crippen molar-refractivity contribution in [2.45, 2.75) is 64.1 Å². The number of halogens is 1. The van der Waals surface area contributed by atoms with E-state index in [9.17, 15) is 15.0 Å². The monoisotopic (exact) mass is 477 g/mol. The van der Waals surface area contributed by atoms with Gasteiger partial charge in [-0.05, 0) is 0 Å². The number of aliphatic carboxylic acids is 1. The van der Waals surface area contributed by atoms with Crippen LogP contribution >= 0.6 is 15.9 Å². The SMILES string of the molecule is [B]=C[C@@H]1CC(O)[C@H](C/C=C\CCCC(=O)O)[C@H]1/C=C/[C@@H](O)CCc1cc(Br)c(C)o1. The van der Waals surface area contributed by atoms with Crippen LogP contribution in [0, 0.1) is 24.7 Å². The number of carbonyl (C=O) groups is 1. The molecule has 1 fully saturated rings. The van der Waals surface area contributed by atoms with Gasteiger partial charge in [0.05, 0.1) is 0 Å². The van der Waals surface area contributed by atoms with Gasteiger partial charge in [0.15, 0.2) is 0 Å². The molecule has 1 aromatic heterocycles. The second-order valence-electron chi connectivity index (χ2n) is 8.00. The molecule has 0 amide bonds. The number of allylic oxidation sites excluding steroid dienone is 3. The summed E-state index contributed by atoms with van der Waals surface area (Å²) in [4.78, 5) is 10.6. The van der Waals surface area contributed by atoms with E-state index in [0.29, 0.717) is 38.5 Å². The maximum absolute atomic E-state index is 10.6. The zero-order chi connectivity index (χ0) is 22.1. The van der Waals surface area contributed by atoms with Crippen molar-refractivity contribution in [2.24, 2.45) is 17.8 Å². The first-order chi connectivity index (χ1) is 14.3. The van der Waals surface area contributed by atoms with Crippen molar-refractivity contribution >= 4 is 35.4 Å². The Labute approximate surface area is 188 Å². The van der Waals surface area contributed by atoms with Gasteiger partial charge in [0.1, 0.15) is 0 Å². The summed E-state index contributed by atoms with van der Waals surface area (Å²) in [7, 11) is 5.81. The van der Waals surface area contributed by atoms with Gasteiger partial charge in [-0.15, -0.1) is 0 Å². The van der Waals surface area contributed by atoms with Crippen LogP contribution in [-0.4, -0.2) is 47.0 Å². The van der Waals surface area contributed by atoms with Crippen molar-refractivity contribution in [3.63, 3.8) is 0 Å². The Hall–Kier alpha value is -1.44. The Morgan fingerprint density at radius 1 is 1.43 bits per heavy atom. The molecule has 1 aliphatic rings. The third-order valence-corrected chi connectivity index (χ3v) is 6.52. The van der Waals surface area contributed by atoms with Crippen molar-refractivity contribution in [2.75, 3.05) is 0 Å². The summed E-state index contributed by atoms with van der Waals surface area (Å²) >= 11 is 3.43. The van der Waals surface area contributed by atoms with Crippen LogP contribution in [0.5, 0.6) is 0 Å². The molecular weight excluding hydrogens is 447 g/mol.